The fraction of sp³-hybridized carbons (Fsp3) is 0.163. The number of fused-ring (bicyclic) bond motifs is 3. The van der Waals surface area contributed by atoms with Gasteiger partial charge in [0.05, 0.1) is 0 Å². The lowest BCUT2D eigenvalue weighted by Gasteiger charge is -2.29. The highest BCUT2D eigenvalue weighted by Gasteiger charge is 2.37. The zero-order valence-corrected chi connectivity index (χ0v) is 27.1. The molecule has 0 aromatic heterocycles. The van der Waals surface area contributed by atoms with E-state index in [0.717, 1.165) is 11.4 Å². The zero-order chi connectivity index (χ0) is 31.3. The SMILES string of the molecule is Cc1ccc(N(c2ccccc2)c2ccc3c(c2)C(C)(C)c2cc(N(c4ccccc4)c4ccc(C)c(C)c4)ccc2-3)cc1C. The van der Waals surface area contributed by atoms with Crippen LogP contribution in [0.1, 0.15) is 47.2 Å². The molecule has 222 valence electrons. The minimum atomic E-state index is -0.173. The molecule has 0 spiro atoms. The third kappa shape index (κ3) is 5.01. The molecule has 0 amide bonds. The Hall–Kier alpha value is -5.08. The van der Waals surface area contributed by atoms with Crippen LogP contribution in [-0.2, 0) is 5.41 Å². The number of para-hydroxylation sites is 2. The van der Waals surface area contributed by atoms with Crippen LogP contribution in [0, 0.1) is 27.7 Å². The van der Waals surface area contributed by atoms with E-state index >= 15 is 0 Å². The lowest BCUT2D eigenvalue weighted by Crippen LogP contribution is -2.17. The van der Waals surface area contributed by atoms with E-state index in [9.17, 15) is 0 Å². The van der Waals surface area contributed by atoms with Gasteiger partial charge in [0.2, 0.25) is 0 Å². The Kier molecular flexibility index (Phi) is 7.09. The maximum atomic E-state index is 2.41. The van der Waals surface area contributed by atoms with Crippen LogP contribution in [0.25, 0.3) is 11.1 Å². The quantitative estimate of drug-likeness (QED) is 0.192. The molecule has 6 aromatic carbocycles. The van der Waals surface area contributed by atoms with E-state index in [2.05, 4.69) is 185 Å². The summed E-state index contributed by atoms with van der Waals surface area (Å²) in [6.07, 6.45) is 0. The predicted octanol–water partition coefficient (Wildman–Crippen LogP) is 12.2. The van der Waals surface area contributed by atoms with Gasteiger partial charge in [0.25, 0.3) is 0 Å². The second kappa shape index (κ2) is 11.1. The van der Waals surface area contributed by atoms with Crippen molar-refractivity contribution in [3.05, 3.63) is 167 Å². The molecule has 1 aliphatic rings. The van der Waals surface area contributed by atoms with Gasteiger partial charge in [-0.25, -0.2) is 0 Å². The smallest absolute Gasteiger partial charge is 0.0465 e. The van der Waals surface area contributed by atoms with Crippen LogP contribution in [0.15, 0.2) is 133 Å². The Morgan fingerprint density at radius 3 is 1.09 bits per heavy atom. The third-order valence-electron chi connectivity index (χ3n) is 9.69. The van der Waals surface area contributed by atoms with Gasteiger partial charge < -0.3 is 9.80 Å². The molecular formula is C43H40N2. The van der Waals surface area contributed by atoms with Crippen LogP contribution in [0.2, 0.25) is 0 Å². The van der Waals surface area contributed by atoms with Crippen LogP contribution in [0.3, 0.4) is 0 Å². The molecular weight excluding hydrogens is 544 g/mol. The molecule has 2 heteroatoms. The van der Waals surface area contributed by atoms with Gasteiger partial charge in [-0.3, -0.25) is 0 Å². The summed E-state index contributed by atoms with van der Waals surface area (Å²) in [6.45, 7) is 13.5. The van der Waals surface area contributed by atoms with Crippen molar-refractivity contribution in [2.24, 2.45) is 0 Å². The molecule has 7 rings (SSSR count). The molecule has 0 aliphatic heterocycles. The standard InChI is InChI=1S/C43H40N2/c1-29-17-19-35(25-31(29)3)44(33-13-9-7-10-14-33)37-21-23-39-40-24-22-38(28-42(40)43(5,6)41(39)27-37)45(34-15-11-8-12-16-34)36-20-18-30(2)32(4)26-36/h7-28H,1-6H3. The average molecular weight is 585 g/mol. The summed E-state index contributed by atoms with van der Waals surface area (Å²) in [6, 6.07) is 49.0. The molecule has 0 atom stereocenters. The first-order chi connectivity index (χ1) is 21.7. The molecule has 45 heavy (non-hydrogen) atoms. The second-order valence-corrected chi connectivity index (χ2v) is 13.0. The van der Waals surface area contributed by atoms with Crippen molar-refractivity contribution >= 4 is 34.1 Å². The maximum absolute atomic E-state index is 2.41. The van der Waals surface area contributed by atoms with E-state index in [1.807, 2.05) is 0 Å². The normalized spacial score (nSPS) is 12.8. The minimum Gasteiger partial charge on any atom is -0.310 e. The maximum Gasteiger partial charge on any atom is 0.0465 e. The lowest BCUT2D eigenvalue weighted by atomic mass is 9.82. The van der Waals surface area contributed by atoms with E-state index in [4.69, 9.17) is 0 Å². The summed E-state index contributed by atoms with van der Waals surface area (Å²) in [5.74, 6) is 0. The van der Waals surface area contributed by atoms with Crippen molar-refractivity contribution < 1.29 is 0 Å². The number of rotatable bonds is 6. The molecule has 0 unspecified atom stereocenters. The Bertz CT molecular complexity index is 1880. The third-order valence-corrected chi connectivity index (χ3v) is 9.69. The lowest BCUT2D eigenvalue weighted by molar-refractivity contribution is 0.660. The molecule has 2 nitrogen and oxygen atoms in total. The summed E-state index contributed by atoms with van der Waals surface area (Å²) in [5, 5.41) is 0. The predicted molar refractivity (Wildman–Crippen MR) is 192 cm³/mol. The Morgan fingerprint density at radius 2 is 0.711 bits per heavy atom. The molecule has 0 fully saturated rings. The number of hydrogen-bond acceptors (Lipinski definition) is 2. The van der Waals surface area contributed by atoms with E-state index in [0.29, 0.717) is 0 Å². The number of benzene rings is 6. The van der Waals surface area contributed by atoms with Gasteiger partial charge in [0.1, 0.15) is 0 Å². The molecule has 0 heterocycles. The number of hydrogen-bond donors (Lipinski definition) is 0. The topological polar surface area (TPSA) is 6.48 Å². The van der Waals surface area contributed by atoms with Crippen molar-refractivity contribution in [3.8, 4) is 11.1 Å². The minimum absolute atomic E-state index is 0.173. The fourth-order valence-corrected chi connectivity index (χ4v) is 6.77. The molecule has 0 saturated heterocycles. The summed E-state index contributed by atoms with van der Waals surface area (Å²) in [5.41, 5.74) is 17.4. The van der Waals surface area contributed by atoms with Crippen LogP contribution in [0.5, 0.6) is 0 Å². The first-order valence-corrected chi connectivity index (χ1v) is 15.9. The van der Waals surface area contributed by atoms with E-state index in [1.165, 1.54) is 67.3 Å². The van der Waals surface area contributed by atoms with Crippen molar-refractivity contribution in [1.29, 1.82) is 0 Å². The van der Waals surface area contributed by atoms with Gasteiger partial charge >= 0.3 is 0 Å². The molecule has 0 bridgehead atoms. The molecule has 0 N–H and O–H groups in total. The first kappa shape index (κ1) is 28.7. The monoisotopic (exact) mass is 584 g/mol. The number of aryl methyl sites for hydroxylation is 4. The fourth-order valence-electron chi connectivity index (χ4n) is 6.77. The number of nitrogens with zero attached hydrogens (tertiary/aromatic N) is 2. The average Bonchev–Trinajstić information content (AvgIpc) is 3.27. The Balaban J connectivity index is 1.34. The van der Waals surface area contributed by atoms with Crippen LogP contribution < -0.4 is 9.80 Å². The molecule has 0 saturated carbocycles. The van der Waals surface area contributed by atoms with Gasteiger partial charge in [0, 0.05) is 39.5 Å². The van der Waals surface area contributed by atoms with E-state index in [1.54, 1.807) is 0 Å². The Labute approximate surface area is 268 Å². The zero-order valence-electron chi connectivity index (χ0n) is 27.1. The van der Waals surface area contributed by atoms with Gasteiger partial charge in [-0.1, -0.05) is 74.5 Å². The summed E-state index contributed by atoms with van der Waals surface area (Å²) < 4.78 is 0. The van der Waals surface area contributed by atoms with Crippen molar-refractivity contribution in [1.82, 2.24) is 0 Å². The van der Waals surface area contributed by atoms with E-state index < -0.39 is 0 Å². The molecule has 1 aliphatic carbocycles. The largest absolute Gasteiger partial charge is 0.310 e. The summed E-state index contributed by atoms with van der Waals surface area (Å²) in [7, 11) is 0. The summed E-state index contributed by atoms with van der Waals surface area (Å²) in [4.78, 5) is 4.77. The van der Waals surface area contributed by atoms with Crippen LogP contribution in [0.4, 0.5) is 34.1 Å². The van der Waals surface area contributed by atoms with Crippen LogP contribution >= 0.6 is 0 Å². The highest BCUT2D eigenvalue weighted by molar-refractivity contribution is 5.88. The highest BCUT2D eigenvalue weighted by Crippen LogP contribution is 2.52. The van der Waals surface area contributed by atoms with E-state index in [-0.39, 0.29) is 5.41 Å². The molecule has 6 aromatic rings. The van der Waals surface area contributed by atoms with Gasteiger partial charge in [-0.05, 0) is 145 Å². The van der Waals surface area contributed by atoms with Crippen molar-refractivity contribution in [2.45, 2.75) is 47.0 Å². The van der Waals surface area contributed by atoms with Gasteiger partial charge in [-0.2, -0.15) is 0 Å². The number of anilines is 6. The van der Waals surface area contributed by atoms with Gasteiger partial charge in [-0.15, -0.1) is 0 Å². The first-order valence-electron chi connectivity index (χ1n) is 15.9. The van der Waals surface area contributed by atoms with Crippen molar-refractivity contribution in [2.75, 3.05) is 9.80 Å². The highest BCUT2D eigenvalue weighted by atomic mass is 15.1. The summed E-state index contributed by atoms with van der Waals surface area (Å²) >= 11 is 0. The molecule has 0 radical (unpaired) electrons. The van der Waals surface area contributed by atoms with Gasteiger partial charge in [0.15, 0.2) is 0 Å². The van der Waals surface area contributed by atoms with Crippen molar-refractivity contribution in [3.63, 3.8) is 0 Å². The second-order valence-electron chi connectivity index (χ2n) is 13.0. The van der Waals surface area contributed by atoms with Crippen LogP contribution in [-0.4, -0.2) is 0 Å². The Morgan fingerprint density at radius 1 is 0.356 bits per heavy atom.